The summed E-state index contributed by atoms with van der Waals surface area (Å²) in [7, 11) is 1.70. The zero-order valence-corrected chi connectivity index (χ0v) is 10.2. The molecule has 1 atom stereocenters. The van der Waals surface area contributed by atoms with Crippen molar-refractivity contribution >= 4 is 11.9 Å². The molecule has 1 rings (SSSR count). The lowest BCUT2D eigenvalue weighted by molar-refractivity contribution is -0.147. The van der Waals surface area contributed by atoms with Gasteiger partial charge in [0.2, 0.25) is 5.91 Å². The smallest absolute Gasteiger partial charge is 0.314 e. The summed E-state index contributed by atoms with van der Waals surface area (Å²) in [6.45, 7) is 3.67. The SMILES string of the molecule is CCOC(=O)C1CCCC=C1N(C)C(C)=O. The molecule has 1 aliphatic carbocycles. The van der Waals surface area contributed by atoms with E-state index >= 15 is 0 Å². The molecular weight excluding hydrogens is 206 g/mol. The van der Waals surface area contributed by atoms with E-state index in [1.807, 2.05) is 6.08 Å². The third-order valence-corrected chi connectivity index (χ3v) is 2.84. The van der Waals surface area contributed by atoms with Crippen LogP contribution in [-0.4, -0.2) is 30.4 Å². The van der Waals surface area contributed by atoms with Gasteiger partial charge in [0, 0.05) is 19.7 Å². The fourth-order valence-electron chi connectivity index (χ4n) is 1.90. The van der Waals surface area contributed by atoms with Crippen molar-refractivity contribution in [3.8, 4) is 0 Å². The first kappa shape index (κ1) is 12.7. The maximum atomic E-state index is 11.7. The number of hydrogen-bond acceptors (Lipinski definition) is 3. The molecule has 4 heteroatoms. The molecule has 0 aliphatic heterocycles. The monoisotopic (exact) mass is 225 g/mol. The van der Waals surface area contributed by atoms with Gasteiger partial charge in [-0.05, 0) is 26.2 Å². The number of hydrogen-bond donors (Lipinski definition) is 0. The lowest BCUT2D eigenvalue weighted by Crippen LogP contribution is -2.33. The molecule has 0 N–H and O–H groups in total. The second kappa shape index (κ2) is 5.68. The lowest BCUT2D eigenvalue weighted by atomic mass is 9.91. The average Bonchev–Trinajstić information content (AvgIpc) is 2.28. The highest BCUT2D eigenvalue weighted by Crippen LogP contribution is 2.28. The first-order chi connectivity index (χ1) is 7.57. The van der Waals surface area contributed by atoms with Crippen LogP contribution >= 0.6 is 0 Å². The molecular formula is C12H19NO3. The summed E-state index contributed by atoms with van der Waals surface area (Å²) < 4.78 is 5.02. The quantitative estimate of drug-likeness (QED) is 0.687. The molecule has 0 fully saturated rings. The normalized spacial score (nSPS) is 19.9. The van der Waals surface area contributed by atoms with Gasteiger partial charge in [-0.15, -0.1) is 0 Å². The average molecular weight is 225 g/mol. The minimum atomic E-state index is -0.275. The molecule has 0 radical (unpaired) electrons. The van der Waals surface area contributed by atoms with Gasteiger partial charge in [-0.2, -0.15) is 0 Å². The van der Waals surface area contributed by atoms with Crippen LogP contribution in [0.3, 0.4) is 0 Å². The number of rotatable bonds is 3. The van der Waals surface area contributed by atoms with Crippen LogP contribution in [0.5, 0.6) is 0 Å². The van der Waals surface area contributed by atoms with E-state index in [4.69, 9.17) is 4.74 Å². The van der Waals surface area contributed by atoms with E-state index in [0.29, 0.717) is 6.61 Å². The molecule has 0 aromatic carbocycles. The zero-order chi connectivity index (χ0) is 12.1. The summed E-state index contributed by atoms with van der Waals surface area (Å²) in [5.74, 6) is -0.549. The highest BCUT2D eigenvalue weighted by Gasteiger charge is 2.29. The molecule has 90 valence electrons. The van der Waals surface area contributed by atoms with Gasteiger partial charge in [-0.3, -0.25) is 9.59 Å². The van der Waals surface area contributed by atoms with Gasteiger partial charge in [0.05, 0.1) is 12.5 Å². The van der Waals surface area contributed by atoms with Crippen LogP contribution in [0.1, 0.15) is 33.1 Å². The highest BCUT2D eigenvalue weighted by molar-refractivity contribution is 5.80. The molecule has 0 bridgehead atoms. The largest absolute Gasteiger partial charge is 0.465 e. The molecule has 0 aromatic heterocycles. The second-order valence-corrected chi connectivity index (χ2v) is 3.94. The van der Waals surface area contributed by atoms with Crippen molar-refractivity contribution in [2.75, 3.05) is 13.7 Å². The molecule has 16 heavy (non-hydrogen) atoms. The molecule has 0 heterocycles. The fourth-order valence-corrected chi connectivity index (χ4v) is 1.90. The van der Waals surface area contributed by atoms with Crippen molar-refractivity contribution < 1.29 is 14.3 Å². The van der Waals surface area contributed by atoms with Gasteiger partial charge in [-0.1, -0.05) is 6.08 Å². The van der Waals surface area contributed by atoms with Crippen LogP contribution in [0.25, 0.3) is 0 Å². The number of amides is 1. The van der Waals surface area contributed by atoms with E-state index in [-0.39, 0.29) is 17.8 Å². The lowest BCUT2D eigenvalue weighted by Gasteiger charge is -2.28. The van der Waals surface area contributed by atoms with Gasteiger partial charge >= 0.3 is 5.97 Å². The van der Waals surface area contributed by atoms with E-state index < -0.39 is 0 Å². The topological polar surface area (TPSA) is 46.6 Å². The Hall–Kier alpha value is -1.32. The molecule has 0 aromatic rings. The third-order valence-electron chi connectivity index (χ3n) is 2.84. The van der Waals surface area contributed by atoms with E-state index in [9.17, 15) is 9.59 Å². The maximum Gasteiger partial charge on any atom is 0.314 e. The van der Waals surface area contributed by atoms with Gasteiger partial charge in [-0.25, -0.2) is 0 Å². The Kier molecular flexibility index (Phi) is 4.52. The van der Waals surface area contributed by atoms with E-state index in [1.165, 1.54) is 6.92 Å². The number of allylic oxidation sites excluding steroid dienone is 1. The van der Waals surface area contributed by atoms with Crippen LogP contribution in [0, 0.1) is 5.92 Å². The molecule has 1 aliphatic rings. The Labute approximate surface area is 96.3 Å². The molecule has 4 nitrogen and oxygen atoms in total. The summed E-state index contributed by atoms with van der Waals surface area (Å²) in [5, 5.41) is 0. The Balaban J connectivity index is 2.82. The molecule has 1 amide bonds. The molecule has 0 saturated heterocycles. The summed E-state index contributed by atoms with van der Waals surface area (Å²) in [6.07, 6.45) is 4.62. The highest BCUT2D eigenvalue weighted by atomic mass is 16.5. The van der Waals surface area contributed by atoms with Crippen LogP contribution in [0.15, 0.2) is 11.8 Å². The van der Waals surface area contributed by atoms with Crippen molar-refractivity contribution in [3.05, 3.63) is 11.8 Å². The van der Waals surface area contributed by atoms with Crippen molar-refractivity contribution in [3.63, 3.8) is 0 Å². The number of nitrogens with zero attached hydrogens (tertiary/aromatic N) is 1. The molecule has 0 spiro atoms. The minimum Gasteiger partial charge on any atom is -0.465 e. The summed E-state index contributed by atoms with van der Waals surface area (Å²) in [4.78, 5) is 24.6. The Morgan fingerprint density at radius 1 is 1.56 bits per heavy atom. The van der Waals surface area contributed by atoms with Crippen LogP contribution < -0.4 is 0 Å². The van der Waals surface area contributed by atoms with Crippen molar-refractivity contribution in [1.29, 1.82) is 0 Å². The first-order valence-electron chi connectivity index (χ1n) is 5.69. The Morgan fingerprint density at radius 3 is 2.81 bits per heavy atom. The minimum absolute atomic E-state index is 0.0533. The Morgan fingerprint density at radius 2 is 2.25 bits per heavy atom. The van der Waals surface area contributed by atoms with Gasteiger partial charge in [0.1, 0.15) is 0 Å². The maximum absolute atomic E-state index is 11.7. The molecule has 1 unspecified atom stereocenters. The number of carbonyl (C=O) groups excluding carboxylic acids is 2. The number of carbonyl (C=O) groups is 2. The van der Waals surface area contributed by atoms with Crippen LogP contribution in [-0.2, 0) is 14.3 Å². The van der Waals surface area contributed by atoms with Gasteiger partial charge < -0.3 is 9.64 Å². The van der Waals surface area contributed by atoms with E-state index in [2.05, 4.69) is 0 Å². The number of ether oxygens (including phenoxy) is 1. The first-order valence-corrected chi connectivity index (χ1v) is 5.69. The Bertz CT molecular complexity index is 309. The van der Waals surface area contributed by atoms with E-state index in [1.54, 1.807) is 18.9 Å². The summed E-state index contributed by atoms with van der Waals surface area (Å²) >= 11 is 0. The van der Waals surface area contributed by atoms with Crippen molar-refractivity contribution in [2.24, 2.45) is 5.92 Å². The second-order valence-electron chi connectivity index (χ2n) is 3.94. The van der Waals surface area contributed by atoms with Crippen LogP contribution in [0.2, 0.25) is 0 Å². The predicted octanol–water partition coefficient (Wildman–Crippen LogP) is 1.71. The van der Waals surface area contributed by atoms with Crippen molar-refractivity contribution in [2.45, 2.75) is 33.1 Å². The predicted molar refractivity (Wildman–Crippen MR) is 60.5 cm³/mol. The van der Waals surface area contributed by atoms with Gasteiger partial charge in [0.15, 0.2) is 0 Å². The molecule has 0 saturated carbocycles. The van der Waals surface area contributed by atoms with E-state index in [0.717, 1.165) is 25.0 Å². The van der Waals surface area contributed by atoms with Gasteiger partial charge in [0.25, 0.3) is 0 Å². The zero-order valence-electron chi connectivity index (χ0n) is 10.2. The van der Waals surface area contributed by atoms with Crippen LogP contribution in [0.4, 0.5) is 0 Å². The summed E-state index contributed by atoms with van der Waals surface area (Å²) in [6, 6.07) is 0. The standard InChI is InChI=1S/C12H19NO3/c1-4-16-12(15)10-7-5-6-8-11(10)13(3)9(2)14/h8,10H,4-7H2,1-3H3. The van der Waals surface area contributed by atoms with Crippen molar-refractivity contribution in [1.82, 2.24) is 4.90 Å². The third kappa shape index (κ3) is 2.84. The number of esters is 1. The summed E-state index contributed by atoms with van der Waals surface area (Å²) in [5.41, 5.74) is 0.789. The fraction of sp³-hybridized carbons (Fsp3) is 0.667.